The molecule has 1 saturated heterocycles. The number of hydrogen-bond acceptors (Lipinski definition) is 7. The number of rotatable bonds is 5. The van der Waals surface area contributed by atoms with Crippen molar-refractivity contribution in [1.29, 1.82) is 0 Å². The maximum atomic E-state index is 12.8. The van der Waals surface area contributed by atoms with Crippen LogP contribution in [0.4, 0.5) is 22.7 Å². The van der Waals surface area contributed by atoms with Gasteiger partial charge in [0, 0.05) is 50.1 Å². The number of hydrogen-bond donors (Lipinski definition) is 1. The molecule has 10 heteroatoms. The van der Waals surface area contributed by atoms with E-state index >= 15 is 0 Å². The normalized spacial score (nSPS) is 14.5. The second kappa shape index (κ2) is 8.23. The number of piperazine rings is 1. The fourth-order valence-corrected chi connectivity index (χ4v) is 3.17. The highest BCUT2D eigenvalue weighted by Gasteiger charge is 2.24. The van der Waals surface area contributed by atoms with E-state index in [4.69, 9.17) is 0 Å². The van der Waals surface area contributed by atoms with Crippen LogP contribution in [0.25, 0.3) is 0 Å². The van der Waals surface area contributed by atoms with E-state index in [1.807, 2.05) is 7.05 Å². The zero-order valence-corrected chi connectivity index (χ0v) is 16.1. The van der Waals surface area contributed by atoms with Crippen molar-refractivity contribution in [3.63, 3.8) is 0 Å². The second-order valence-electron chi connectivity index (χ2n) is 6.96. The van der Waals surface area contributed by atoms with Crippen LogP contribution in [0.3, 0.4) is 0 Å². The molecule has 1 N–H and O–H groups in total. The quantitative estimate of drug-likeness (QED) is 0.606. The molecule has 152 valence electrons. The van der Waals surface area contributed by atoms with Gasteiger partial charge in [-0.25, -0.2) is 0 Å². The molecule has 0 bridgehead atoms. The van der Waals surface area contributed by atoms with E-state index in [2.05, 4.69) is 15.1 Å². The lowest BCUT2D eigenvalue weighted by Crippen LogP contribution is -2.44. The molecule has 0 spiro atoms. The van der Waals surface area contributed by atoms with Crippen molar-refractivity contribution in [3.8, 4) is 0 Å². The predicted octanol–water partition coefficient (Wildman–Crippen LogP) is 2.82. The standard InChI is InChI=1S/C19H21N5O5/c1-13-3-4-15(23(26)27)12-17(13)20-19(25)16-11-14(5-6-18(16)24(28)29)22-9-7-21(2)8-10-22/h3-6,11-12H,7-10H2,1-2H3,(H,20,25). The number of benzene rings is 2. The number of non-ortho nitro benzene ring substituents is 1. The minimum atomic E-state index is -0.684. The highest BCUT2D eigenvalue weighted by atomic mass is 16.6. The molecule has 0 atom stereocenters. The van der Waals surface area contributed by atoms with Gasteiger partial charge in [-0.05, 0) is 31.7 Å². The molecule has 10 nitrogen and oxygen atoms in total. The Hall–Kier alpha value is -3.53. The number of amides is 1. The topological polar surface area (TPSA) is 122 Å². The summed E-state index contributed by atoms with van der Waals surface area (Å²) in [5.74, 6) is -0.684. The van der Waals surface area contributed by atoms with Crippen LogP contribution in [0.15, 0.2) is 36.4 Å². The average Bonchev–Trinajstić information content (AvgIpc) is 2.69. The van der Waals surface area contributed by atoms with E-state index in [1.165, 1.54) is 30.3 Å². The first-order valence-corrected chi connectivity index (χ1v) is 9.04. The third-order valence-electron chi connectivity index (χ3n) is 4.97. The summed E-state index contributed by atoms with van der Waals surface area (Å²) >= 11 is 0. The van der Waals surface area contributed by atoms with Crippen molar-refractivity contribution in [1.82, 2.24) is 4.90 Å². The lowest BCUT2D eigenvalue weighted by Gasteiger charge is -2.34. The van der Waals surface area contributed by atoms with Gasteiger partial charge in [0.15, 0.2) is 0 Å². The zero-order chi connectivity index (χ0) is 21.1. The highest BCUT2D eigenvalue weighted by molar-refractivity contribution is 6.08. The Balaban J connectivity index is 1.92. The van der Waals surface area contributed by atoms with Gasteiger partial charge < -0.3 is 15.1 Å². The summed E-state index contributed by atoms with van der Waals surface area (Å²) in [6.07, 6.45) is 0. The zero-order valence-electron chi connectivity index (χ0n) is 16.1. The molecule has 1 fully saturated rings. The first-order chi connectivity index (χ1) is 13.8. The molecular weight excluding hydrogens is 378 g/mol. The summed E-state index contributed by atoms with van der Waals surface area (Å²) in [6, 6.07) is 8.56. The van der Waals surface area contributed by atoms with Crippen molar-refractivity contribution >= 4 is 28.7 Å². The van der Waals surface area contributed by atoms with Gasteiger partial charge >= 0.3 is 0 Å². The molecule has 29 heavy (non-hydrogen) atoms. The SMILES string of the molecule is Cc1ccc([N+](=O)[O-])cc1NC(=O)c1cc(N2CCN(C)CC2)ccc1[N+](=O)[O-]. The lowest BCUT2D eigenvalue weighted by molar-refractivity contribution is -0.385. The Kier molecular flexibility index (Phi) is 5.74. The van der Waals surface area contributed by atoms with Crippen molar-refractivity contribution in [2.24, 2.45) is 0 Å². The van der Waals surface area contributed by atoms with Gasteiger partial charge in [0.05, 0.1) is 15.5 Å². The van der Waals surface area contributed by atoms with Crippen LogP contribution >= 0.6 is 0 Å². The molecule has 1 amide bonds. The summed E-state index contributed by atoms with van der Waals surface area (Å²) in [5, 5.41) is 25.0. The van der Waals surface area contributed by atoms with Gasteiger partial charge in [-0.1, -0.05) is 6.07 Å². The van der Waals surface area contributed by atoms with E-state index in [0.717, 1.165) is 31.9 Å². The van der Waals surface area contributed by atoms with Crippen molar-refractivity contribution in [2.45, 2.75) is 6.92 Å². The number of nitrogens with zero attached hydrogens (tertiary/aromatic N) is 4. The third-order valence-corrected chi connectivity index (χ3v) is 4.97. The first kappa shape index (κ1) is 20.2. The van der Waals surface area contributed by atoms with Crippen LogP contribution in [-0.2, 0) is 0 Å². The third kappa shape index (κ3) is 4.49. The Labute approximate surface area is 167 Å². The Morgan fingerprint density at radius 2 is 1.69 bits per heavy atom. The summed E-state index contributed by atoms with van der Waals surface area (Å²) in [7, 11) is 2.02. The minimum absolute atomic E-state index is 0.0858. The van der Waals surface area contributed by atoms with E-state index in [9.17, 15) is 25.0 Å². The van der Waals surface area contributed by atoms with E-state index in [-0.39, 0.29) is 22.6 Å². The first-order valence-electron chi connectivity index (χ1n) is 9.04. The highest BCUT2D eigenvalue weighted by Crippen LogP contribution is 2.28. The largest absolute Gasteiger partial charge is 0.369 e. The van der Waals surface area contributed by atoms with Crippen LogP contribution < -0.4 is 10.2 Å². The summed E-state index contributed by atoms with van der Waals surface area (Å²) in [5.41, 5.74) is 1.00. The molecule has 1 aliphatic rings. The van der Waals surface area contributed by atoms with Gasteiger partial charge in [0.2, 0.25) is 0 Å². The number of nitro groups is 2. The predicted molar refractivity (Wildman–Crippen MR) is 109 cm³/mol. The molecule has 2 aromatic carbocycles. The number of likely N-dealkylation sites (N-methyl/N-ethyl adjacent to an activating group) is 1. The van der Waals surface area contributed by atoms with E-state index in [1.54, 1.807) is 13.0 Å². The Morgan fingerprint density at radius 3 is 2.31 bits per heavy atom. The number of aryl methyl sites for hydroxylation is 1. The smallest absolute Gasteiger partial charge is 0.282 e. The molecule has 0 unspecified atom stereocenters. The van der Waals surface area contributed by atoms with Crippen LogP contribution in [-0.4, -0.2) is 53.9 Å². The van der Waals surface area contributed by atoms with Gasteiger partial charge in [0.1, 0.15) is 5.56 Å². The van der Waals surface area contributed by atoms with E-state index in [0.29, 0.717) is 5.56 Å². The van der Waals surface area contributed by atoms with Crippen LogP contribution in [0.5, 0.6) is 0 Å². The number of nitro benzene ring substituents is 2. The van der Waals surface area contributed by atoms with Crippen LogP contribution in [0, 0.1) is 27.2 Å². The monoisotopic (exact) mass is 399 g/mol. The molecule has 1 aliphatic heterocycles. The second-order valence-corrected chi connectivity index (χ2v) is 6.96. The van der Waals surface area contributed by atoms with E-state index < -0.39 is 15.8 Å². The number of nitrogens with one attached hydrogen (secondary N) is 1. The lowest BCUT2D eigenvalue weighted by atomic mass is 10.1. The molecule has 2 aromatic rings. The average molecular weight is 399 g/mol. The van der Waals surface area contributed by atoms with Gasteiger partial charge in [-0.2, -0.15) is 0 Å². The number of carbonyl (C=O) groups is 1. The molecule has 0 aliphatic carbocycles. The van der Waals surface area contributed by atoms with Gasteiger partial charge in [-0.15, -0.1) is 0 Å². The molecule has 3 rings (SSSR count). The van der Waals surface area contributed by atoms with Crippen molar-refractivity contribution in [3.05, 3.63) is 67.8 Å². The summed E-state index contributed by atoms with van der Waals surface area (Å²) in [4.78, 5) is 38.4. The molecule has 0 radical (unpaired) electrons. The van der Waals surface area contributed by atoms with Gasteiger partial charge in [0.25, 0.3) is 17.3 Å². The van der Waals surface area contributed by atoms with Crippen LogP contribution in [0.1, 0.15) is 15.9 Å². The van der Waals surface area contributed by atoms with Crippen molar-refractivity contribution < 1.29 is 14.6 Å². The number of anilines is 2. The Bertz CT molecular complexity index is 969. The minimum Gasteiger partial charge on any atom is -0.369 e. The summed E-state index contributed by atoms with van der Waals surface area (Å²) in [6.45, 7) is 4.89. The fourth-order valence-electron chi connectivity index (χ4n) is 3.17. The maximum absolute atomic E-state index is 12.8. The summed E-state index contributed by atoms with van der Waals surface area (Å²) < 4.78 is 0. The molecular formula is C19H21N5O5. The van der Waals surface area contributed by atoms with Gasteiger partial charge in [-0.3, -0.25) is 25.0 Å². The maximum Gasteiger partial charge on any atom is 0.282 e. The van der Waals surface area contributed by atoms with Crippen LogP contribution in [0.2, 0.25) is 0 Å². The molecule has 0 aromatic heterocycles. The number of carbonyl (C=O) groups excluding carboxylic acids is 1. The molecule has 1 heterocycles. The van der Waals surface area contributed by atoms with Crippen molar-refractivity contribution in [2.75, 3.05) is 43.4 Å². The Morgan fingerprint density at radius 1 is 1.00 bits per heavy atom. The molecule has 0 saturated carbocycles. The fraction of sp³-hybridized carbons (Fsp3) is 0.316.